The summed E-state index contributed by atoms with van der Waals surface area (Å²) < 4.78 is 6.45. The van der Waals surface area contributed by atoms with Gasteiger partial charge in [0.2, 0.25) is 0 Å². The molecule has 1 aromatic heterocycles. The van der Waals surface area contributed by atoms with Crippen LogP contribution in [0.3, 0.4) is 0 Å². The molecule has 0 unspecified atom stereocenters. The molecule has 0 aliphatic carbocycles. The molecule has 2 rings (SSSR count). The van der Waals surface area contributed by atoms with E-state index in [1.165, 1.54) is 0 Å². The number of carbonyl (C=O) groups is 1. The number of nitrogens with one attached hydrogen (secondary N) is 2. The number of amides is 1. The van der Waals surface area contributed by atoms with Crippen LogP contribution in [0.1, 0.15) is 23.0 Å². The van der Waals surface area contributed by atoms with Gasteiger partial charge in [0, 0.05) is 9.13 Å². The van der Waals surface area contributed by atoms with E-state index in [0.717, 1.165) is 9.26 Å². The highest BCUT2D eigenvalue weighted by molar-refractivity contribution is 14.1. The normalized spacial score (nSPS) is 10.0. The van der Waals surface area contributed by atoms with Gasteiger partial charge in [-0.15, -0.1) is 0 Å². The summed E-state index contributed by atoms with van der Waals surface area (Å²) in [6.07, 6.45) is 0. The monoisotopic (exact) mass is 441 g/mol. The summed E-state index contributed by atoms with van der Waals surface area (Å²) in [5, 5.41) is 5.74. The molecule has 0 bridgehead atoms. The second-order valence-electron chi connectivity index (χ2n) is 4.63. The Bertz CT molecular complexity index is 737. The van der Waals surface area contributed by atoms with Crippen LogP contribution in [0.2, 0.25) is 0 Å². The SMILES string of the molecule is CCOc1cccc(C(=O)NC(=S)Nc2ccc(I)c(C)n2)c1. The zero-order chi connectivity index (χ0) is 16.8. The number of hydrogen-bond acceptors (Lipinski definition) is 4. The van der Waals surface area contributed by atoms with E-state index >= 15 is 0 Å². The van der Waals surface area contributed by atoms with Gasteiger partial charge in [0.05, 0.1) is 12.3 Å². The van der Waals surface area contributed by atoms with Crippen LogP contribution < -0.4 is 15.4 Å². The van der Waals surface area contributed by atoms with Crippen LogP contribution in [0.5, 0.6) is 5.75 Å². The molecule has 0 aliphatic heterocycles. The Labute approximate surface area is 154 Å². The molecule has 0 radical (unpaired) electrons. The van der Waals surface area contributed by atoms with E-state index in [1.807, 2.05) is 26.0 Å². The van der Waals surface area contributed by atoms with Crippen LogP contribution in [-0.2, 0) is 0 Å². The lowest BCUT2D eigenvalue weighted by atomic mass is 10.2. The molecule has 0 fully saturated rings. The maximum absolute atomic E-state index is 12.2. The molecule has 0 aliphatic rings. The summed E-state index contributed by atoms with van der Waals surface area (Å²) in [6.45, 7) is 4.35. The minimum Gasteiger partial charge on any atom is -0.494 e. The number of ether oxygens (including phenoxy) is 1. The summed E-state index contributed by atoms with van der Waals surface area (Å²) in [4.78, 5) is 16.6. The van der Waals surface area contributed by atoms with Crippen LogP contribution in [-0.4, -0.2) is 22.6 Å². The predicted molar refractivity (Wildman–Crippen MR) is 103 cm³/mol. The lowest BCUT2D eigenvalue weighted by Crippen LogP contribution is -2.34. The van der Waals surface area contributed by atoms with E-state index in [0.29, 0.717) is 23.7 Å². The van der Waals surface area contributed by atoms with Crippen LogP contribution in [0, 0.1) is 10.5 Å². The fourth-order valence-corrected chi connectivity index (χ4v) is 2.33. The number of aryl methyl sites for hydroxylation is 1. The van der Waals surface area contributed by atoms with Crippen molar-refractivity contribution in [3.63, 3.8) is 0 Å². The third-order valence-electron chi connectivity index (χ3n) is 2.90. The van der Waals surface area contributed by atoms with Gasteiger partial charge >= 0.3 is 0 Å². The molecule has 0 atom stereocenters. The van der Waals surface area contributed by atoms with Gasteiger partial charge in [-0.05, 0) is 79.0 Å². The topological polar surface area (TPSA) is 63.2 Å². The molecule has 0 spiro atoms. The van der Waals surface area contributed by atoms with Gasteiger partial charge in [0.25, 0.3) is 5.91 Å². The number of hydrogen-bond donors (Lipinski definition) is 2. The van der Waals surface area contributed by atoms with Gasteiger partial charge < -0.3 is 10.1 Å². The van der Waals surface area contributed by atoms with Crippen LogP contribution in [0.15, 0.2) is 36.4 Å². The van der Waals surface area contributed by atoms with Gasteiger partial charge in [-0.25, -0.2) is 4.98 Å². The molecule has 2 N–H and O–H groups in total. The fourth-order valence-electron chi connectivity index (χ4n) is 1.83. The Kier molecular flexibility index (Phi) is 6.28. The number of nitrogens with zero attached hydrogens (tertiary/aromatic N) is 1. The second kappa shape index (κ2) is 8.21. The number of aromatic nitrogens is 1. The Morgan fingerprint density at radius 1 is 1.35 bits per heavy atom. The van der Waals surface area contributed by atoms with E-state index in [4.69, 9.17) is 17.0 Å². The van der Waals surface area contributed by atoms with Crippen molar-refractivity contribution in [1.29, 1.82) is 0 Å². The molecule has 0 saturated carbocycles. The van der Waals surface area contributed by atoms with Crippen molar-refractivity contribution in [3.05, 3.63) is 51.2 Å². The molecular formula is C16H16IN3O2S. The Hall–Kier alpha value is -1.74. The maximum atomic E-state index is 12.2. The highest BCUT2D eigenvalue weighted by atomic mass is 127. The largest absolute Gasteiger partial charge is 0.494 e. The smallest absolute Gasteiger partial charge is 0.257 e. The molecular weight excluding hydrogens is 425 g/mol. The number of halogens is 1. The van der Waals surface area contributed by atoms with Gasteiger partial charge in [-0.2, -0.15) is 0 Å². The van der Waals surface area contributed by atoms with Gasteiger partial charge in [-0.3, -0.25) is 10.1 Å². The average molecular weight is 441 g/mol. The summed E-state index contributed by atoms with van der Waals surface area (Å²) in [7, 11) is 0. The molecule has 1 amide bonds. The summed E-state index contributed by atoms with van der Waals surface area (Å²) in [6, 6.07) is 10.7. The lowest BCUT2D eigenvalue weighted by Gasteiger charge is -2.10. The first kappa shape index (κ1) is 17.6. The molecule has 120 valence electrons. The van der Waals surface area contributed by atoms with Crippen molar-refractivity contribution in [1.82, 2.24) is 10.3 Å². The zero-order valence-electron chi connectivity index (χ0n) is 12.7. The Morgan fingerprint density at radius 3 is 2.83 bits per heavy atom. The van der Waals surface area contributed by atoms with Crippen molar-refractivity contribution >= 4 is 51.6 Å². The highest BCUT2D eigenvalue weighted by Gasteiger charge is 2.09. The fraction of sp³-hybridized carbons (Fsp3) is 0.188. The predicted octanol–water partition coefficient (Wildman–Crippen LogP) is 3.52. The van der Waals surface area contributed by atoms with Gasteiger partial charge in [0.1, 0.15) is 11.6 Å². The van der Waals surface area contributed by atoms with Crippen LogP contribution >= 0.6 is 34.8 Å². The highest BCUT2D eigenvalue weighted by Crippen LogP contribution is 2.14. The third kappa shape index (κ3) is 5.14. The molecule has 0 saturated heterocycles. The quantitative estimate of drug-likeness (QED) is 0.562. The zero-order valence-corrected chi connectivity index (χ0v) is 15.7. The number of rotatable bonds is 4. The Morgan fingerprint density at radius 2 is 2.13 bits per heavy atom. The second-order valence-corrected chi connectivity index (χ2v) is 6.20. The maximum Gasteiger partial charge on any atom is 0.257 e. The van der Waals surface area contributed by atoms with Gasteiger partial charge in [-0.1, -0.05) is 6.07 Å². The average Bonchev–Trinajstić information content (AvgIpc) is 2.51. The van der Waals surface area contributed by atoms with Crippen LogP contribution in [0.4, 0.5) is 5.82 Å². The molecule has 5 nitrogen and oxygen atoms in total. The minimum absolute atomic E-state index is 0.199. The van der Waals surface area contributed by atoms with Crippen molar-refractivity contribution < 1.29 is 9.53 Å². The van der Waals surface area contributed by atoms with E-state index < -0.39 is 0 Å². The summed E-state index contributed by atoms with van der Waals surface area (Å²) in [5.41, 5.74) is 1.38. The van der Waals surface area contributed by atoms with E-state index in [9.17, 15) is 4.79 Å². The van der Waals surface area contributed by atoms with E-state index in [1.54, 1.807) is 24.3 Å². The third-order valence-corrected chi connectivity index (χ3v) is 4.24. The summed E-state index contributed by atoms with van der Waals surface area (Å²) >= 11 is 7.36. The van der Waals surface area contributed by atoms with E-state index in [-0.39, 0.29) is 11.0 Å². The van der Waals surface area contributed by atoms with Crippen molar-refractivity contribution in [2.75, 3.05) is 11.9 Å². The number of pyridine rings is 1. The van der Waals surface area contributed by atoms with Crippen LogP contribution in [0.25, 0.3) is 0 Å². The van der Waals surface area contributed by atoms with Gasteiger partial charge in [0.15, 0.2) is 5.11 Å². The van der Waals surface area contributed by atoms with E-state index in [2.05, 4.69) is 38.2 Å². The van der Waals surface area contributed by atoms with Crippen molar-refractivity contribution in [2.45, 2.75) is 13.8 Å². The molecule has 7 heteroatoms. The number of thiocarbonyl (C=S) groups is 1. The molecule has 1 heterocycles. The Balaban J connectivity index is 2.00. The molecule has 1 aromatic carbocycles. The number of benzene rings is 1. The number of anilines is 1. The first-order valence-electron chi connectivity index (χ1n) is 6.98. The first-order chi connectivity index (χ1) is 11.0. The molecule has 2 aromatic rings. The minimum atomic E-state index is -0.300. The standard InChI is InChI=1S/C16H16IN3O2S/c1-3-22-12-6-4-5-11(9-12)15(21)20-16(23)19-14-8-7-13(17)10(2)18-14/h4-9H,3H2,1-2H3,(H2,18,19,20,21,23). The summed E-state index contributed by atoms with van der Waals surface area (Å²) in [5.74, 6) is 0.941. The van der Waals surface area contributed by atoms with Crippen molar-refractivity contribution in [3.8, 4) is 5.75 Å². The molecule has 23 heavy (non-hydrogen) atoms. The number of carbonyl (C=O) groups excluding carboxylic acids is 1. The van der Waals surface area contributed by atoms with Crippen molar-refractivity contribution in [2.24, 2.45) is 0 Å². The first-order valence-corrected chi connectivity index (χ1v) is 8.46. The lowest BCUT2D eigenvalue weighted by molar-refractivity contribution is 0.0977.